The van der Waals surface area contributed by atoms with Crippen LogP contribution in [0.5, 0.6) is 5.75 Å². The third-order valence-corrected chi connectivity index (χ3v) is 9.70. The van der Waals surface area contributed by atoms with Crippen LogP contribution in [0.3, 0.4) is 0 Å². The number of piperidine rings is 2. The fraction of sp³-hybridized carbons (Fsp3) is 0.800. The number of unbranched alkanes of at least 4 members (excludes halogenated alkanes) is 1. The molecule has 2 saturated heterocycles. The van der Waals surface area contributed by atoms with Crippen LogP contribution >= 0.6 is 0 Å². The molecule has 0 saturated carbocycles. The molecule has 49 heavy (non-hydrogen) atoms. The number of phenols is 1. The summed E-state index contributed by atoms with van der Waals surface area (Å²) in [5.74, 6) is -0.767. The first-order valence-corrected chi connectivity index (χ1v) is 17.9. The zero-order valence-electron chi connectivity index (χ0n) is 33.6. The van der Waals surface area contributed by atoms with E-state index in [1.54, 1.807) is 0 Å². The van der Waals surface area contributed by atoms with Crippen LogP contribution in [0.15, 0.2) is 12.1 Å². The van der Waals surface area contributed by atoms with E-state index in [0.717, 1.165) is 23.1 Å². The largest absolute Gasteiger partial charge is 0.652 e. The average Bonchev–Trinajstić information content (AvgIpc) is 2.81. The Morgan fingerprint density at radius 1 is 0.714 bits per heavy atom. The average molecular weight is 833 g/mol. The van der Waals surface area contributed by atoms with E-state index in [9.17, 15) is 14.7 Å². The van der Waals surface area contributed by atoms with E-state index < -0.39 is 17.4 Å². The van der Waals surface area contributed by atoms with Crippen LogP contribution in [-0.2, 0) is 102 Å². The number of rotatable bonds is 9. The van der Waals surface area contributed by atoms with Crippen LogP contribution in [0.1, 0.15) is 165 Å². The first-order valence-electron chi connectivity index (χ1n) is 17.9. The third-order valence-electron chi connectivity index (χ3n) is 9.70. The summed E-state index contributed by atoms with van der Waals surface area (Å²) in [5, 5.41) is 21.4. The molecule has 0 aliphatic carbocycles. The number of aromatic hydroxyl groups is 1. The van der Waals surface area contributed by atoms with Gasteiger partial charge in [-0.25, -0.2) is 0 Å². The van der Waals surface area contributed by atoms with Gasteiger partial charge in [-0.05, 0) is 66.0 Å². The molecule has 0 spiro atoms. The molecule has 2 radical (unpaired) electrons. The van der Waals surface area contributed by atoms with Gasteiger partial charge in [0.05, 0.1) is 12.2 Å². The van der Waals surface area contributed by atoms with Crippen molar-refractivity contribution in [1.29, 1.82) is 0 Å². The van der Waals surface area contributed by atoms with Crippen LogP contribution in [0.2, 0.25) is 0 Å². The molecule has 1 N–H and O–H groups in total. The molecule has 1 aromatic rings. The van der Waals surface area contributed by atoms with Gasteiger partial charge in [0.25, 0.3) is 0 Å². The zero-order valence-corrected chi connectivity index (χ0v) is 39.3. The zero-order chi connectivity index (χ0) is 36.0. The van der Waals surface area contributed by atoms with E-state index in [1.807, 2.05) is 12.1 Å². The first kappa shape index (κ1) is 47.1. The van der Waals surface area contributed by atoms with Gasteiger partial charge in [0.1, 0.15) is 5.75 Å². The molecule has 0 unspecified atom stereocenters. The fourth-order valence-electron chi connectivity index (χ4n) is 8.18. The maximum Gasteiger partial charge on any atom is 0.324 e. The number of ether oxygens (including phenoxy) is 2. The maximum absolute atomic E-state index is 14.8. The Bertz CT molecular complexity index is 1190. The van der Waals surface area contributed by atoms with Crippen LogP contribution < -0.4 is 0 Å². The van der Waals surface area contributed by atoms with E-state index in [4.69, 9.17) is 20.1 Å². The molecule has 2 aliphatic heterocycles. The van der Waals surface area contributed by atoms with Crippen molar-refractivity contribution < 1.29 is 89.6 Å². The van der Waals surface area contributed by atoms with Crippen molar-refractivity contribution in [2.24, 2.45) is 5.41 Å². The van der Waals surface area contributed by atoms with Crippen molar-refractivity contribution in [1.82, 2.24) is 0 Å². The van der Waals surface area contributed by atoms with Gasteiger partial charge in [-0.3, -0.25) is 9.59 Å². The van der Waals surface area contributed by atoms with Crippen molar-refractivity contribution in [3.05, 3.63) is 39.5 Å². The standard InChI is InChI=1S/C40H66N2O5.2Y/c1-16-17-18-40(32(44)46-27-22-36(8,9)41-37(10,11)23-27,33(45)47-28-24-38(12,13)42-39(14,15)25-28)21-26-19-29(34(2,3)4)31(43)30(20-26)35(5,6)7;;/h19-20,27-28,43H,16-18,21-25H2,1-15H3;;/q-2;;. The van der Waals surface area contributed by atoms with E-state index in [2.05, 4.69) is 104 Å². The summed E-state index contributed by atoms with van der Waals surface area (Å²) < 4.78 is 12.9. The monoisotopic (exact) mass is 832 g/mol. The molecule has 2 fully saturated rings. The van der Waals surface area contributed by atoms with Gasteiger partial charge in [-0.1, -0.05) is 129 Å². The summed E-state index contributed by atoms with van der Waals surface area (Å²) in [6, 6.07) is 3.95. The minimum Gasteiger partial charge on any atom is -0.652 e. The van der Waals surface area contributed by atoms with E-state index in [0.29, 0.717) is 38.5 Å². The molecule has 274 valence electrons. The van der Waals surface area contributed by atoms with E-state index in [1.165, 1.54) is 0 Å². The summed E-state index contributed by atoms with van der Waals surface area (Å²) in [4.78, 5) is 29.6. The molecule has 2 aliphatic rings. The van der Waals surface area contributed by atoms with Crippen LogP contribution in [-0.4, -0.2) is 51.4 Å². The smallest absolute Gasteiger partial charge is 0.324 e. The Morgan fingerprint density at radius 2 is 1.04 bits per heavy atom. The number of nitrogens with zero attached hydrogens (tertiary/aromatic N) is 2. The molecule has 3 rings (SSSR count). The van der Waals surface area contributed by atoms with Crippen molar-refractivity contribution in [3.63, 3.8) is 0 Å². The Kier molecular flexibility index (Phi) is 16.0. The minimum atomic E-state index is -1.55. The fourth-order valence-corrected chi connectivity index (χ4v) is 8.18. The molecule has 1 aromatic carbocycles. The summed E-state index contributed by atoms with van der Waals surface area (Å²) >= 11 is 0. The molecule has 0 amide bonds. The van der Waals surface area contributed by atoms with Gasteiger partial charge in [0.2, 0.25) is 0 Å². The number of carbonyl (C=O) groups is 2. The first-order chi connectivity index (χ1) is 21.1. The summed E-state index contributed by atoms with van der Waals surface area (Å²) in [7, 11) is 0. The number of hydrogen-bond acceptors (Lipinski definition) is 5. The summed E-state index contributed by atoms with van der Waals surface area (Å²) in [6.07, 6.45) is 3.53. The van der Waals surface area contributed by atoms with Crippen molar-refractivity contribution in [2.45, 2.75) is 200 Å². The number of phenolic OH excluding ortho intramolecular Hbond substituents is 1. The molecule has 2 heterocycles. The molecule has 9 heteroatoms. The molecule has 0 bridgehead atoms. The second kappa shape index (κ2) is 16.6. The summed E-state index contributed by atoms with van der Waals surface area (Å²) in [5.41, 5.74) is -1.31. The minimum absolute atomic E-state index is 0. The number of benzene rings is 1. The topological polar surface area (TPSA) is 101 Å². The second-order valence-corrected chi connectivity index (χ2v) is 19.2. The van der Waals surface area contributed by atoms with Crippen LogP contribution in [0, 0.1) is 5.41 Å². The maximum atomic E-state index is 14.8. The second-order valence-electron chi connectivity index (χ2n) is 19.2. The molecule has 0 aromatic heterocycles. The molecule has 7 nitrogen and oxygen atoms in total. The molecular weight excluding hydrogens is 766 g/mol. The number of carbonyl (C=O) groups excluding carboxylic acids is 2. The van der Waals surface area contributed by atoms with Crippen molar-refractivity contribution >= 4 is 11.9 Å². The Hall–Kier alpha value is 0.0878. The van der Waals surface area contributed by atoms with Gasteiger partial charge in [0, 0.05) is 65.4 Å². The predicted octanol–water partition coefficient (Wildman–Crippen LogP) is 9.97. The van der Waals surface area contributed by atoms with Crippen LogP contribution in [0.4, 0.5) is 0 Å². The van der Waals surface area contributed by atoms with Crippen molar-refractivity contribution in [2.75, 3.05) is 0 Å². The number of esters is 2. The van der Waals surface area contributed by atoms with Gasteiger partial charge in [0.15, 0.2) is 5.41 Å². The third kappa shape index (κ3) is 12.6. The van der Waals surface area contributed by atoms with Gasteiger partial charge in [-0.15, -0.1) is 22.2 Å². The van der Waals surface area contributed by atoms with Gasteiger partial charge >= 0.3 is 11.9 Å². The SMILES string of the molecule is CCCCC(Cc1cc(C(C)(C)C)c(O)c(C(C)(C)C)c1)(C(=O)OC1CC(C)(C)[N-]C(C)(C)C1)C(=O)OC1CC(C)(C)[N-]C(C)(C)C1.[Y].[Y]. The summed E-state index contributed by atoms with van der Waals surface area (Å²) in [6.45, 7) is 31.1. The van der Waals surface area contributed by atoms with E-state index >= 15 is 0 Å². The Morgan fingerprint density at radius 3 is 1.33 bits per heavy atom. The van der Waals surface area contributed by atoms with Gasteiger partial charge in [-0.2, -0.15) is 0 Å². The Balaban J connectivity index is 0.00000600. The predicted molar refractivity (Wildman–Crippen MR) is 192 cm³/mol. The molecule has 0 atom stereocenters. The van der Waals surface area contributed by atoms with Gasteiger partial charge < -0.3 is 25.2 Å². The van der Waals surface area contributed by atoms with E-state index in [-0.39, 0.29) is 123 Å². The quantitative estimate of drug-likeness (QED) is 0.197. The Labute approximate surface area is 349 Å². The van der Waals surface area contributed by atoms with Crippen LogP contribution in [0.25, 0.3) is 10.6 Å². The van der Waals surface area contributed by atoms with Crippen molar-refractivity contribution in [3.8, 4) is 5.75 Å². The molecular formula is C40H66N2O5Y2-2. The number of hydrogen-bond donors (Lipinski definition) is 1. The normalized spacial score (nSPS) is 20.8.